The Bertz CT molecular complexity index is 859. The number of benzene rings is 2. The molecule has 1 heterocycles. The first-order valence-electron chi connectivity index (χ1n) is 9.31. The number of aryl methyl sites for hydroxylation is 1. The van der Waals surface area contributed by atoms with E-state index < -0.39 is 0 Å². The summed E-state index contributed by atoms with van der Waals surface area (Å²) in [5.41, 5.74) is 3.63. The van der Waals surface area contributed by atoms with E-state index in [1.807, 2.05) is 42.2 Å². The monoisotopic (exact) mass is 417 g/mol. The summed E-state index contributed by atoms with van der Waals surface area (Å²) in [7, 11) is 0. The standard InChI is InChI=1S/C21H24FN3OS2/c1-15-13-17(8-9-19(15)25-11-4-7-20(25)26)24-21(27)23-10-12-28-14-16-5-2-3-6-18(16)22/h2-3,5-6,8-9,13H,4,7,10-12,14H2,1H3,(H2,23,24,27). The van der Waals surface area contributed by atoms with E-state index in [1.54, 1.807) is 17.8 Å². The summed E-state index contributed by atoms with van der Waals surface area (Å²) in [4.78, 5) is 13.8. The molecule has 148 valence electrons. The SMILES string of the molecule is Cc1cc(NC(=S)NCCSCc2ccccc2F)ccc1N1CCCC1=O. The zero-order valence-electron chi connectivity index (χ0n) is 15.8. The molecule has 2 aromatic carbocycles. The highest BCUT2D eigenvalue weighted by molar-refractivity contribution is 7.98. The zero-order chi connectivity index (χ0) is 19.9. The minimum atomic E-state index is -0.158. The second-order valence-electron chi connectivity index (χ2n) is 6.68. The summed E-state index contributed by atoms with van der Waals surface area (Å²) in [6.45, 7) is 3.49. The van der Waals surface area contributed by atoms with Crippen LogP contribution in [0, 0.1) is 12.7 Å². The Labute approximate surface area is 174 Å². The number of halogens is 1. The lowest BCUT2D eigenvalue weighted by Gasteiger charge is -2.19. The van der Waals surface area contributed by atoms with Crippen LogP contribution in [0.4, 0.5) is 15.8 Å². The van der Waals surface area contributed by atoms with Gasteiger partial charge < -0.3 is 15.5 Å². The average molecular weight is 418 g/mol. The maximum absolute atomic E-state index is 13.6. The Morgan fingerprint density at radius 1 is 1.29 bits per heavy atom. The van der Waals surface area contributed by atoms with Crippen molar-refractivity contribution in [3.05, 3.63) is 59.4 Å². The van der Waals surface area contributed by atoms with Gasteiger partial charge in [-0.05, 0) is 61.0 Å². The highest BCUT2D eigenvalue weighted by Crippen LogP contribution is 2.27. The Hall–Kier alpha value is -2.12. The van der Waals surface area contributed by atoms with E-state index in [0.29, 0.717) is 23.8 Å². The van der Waals surface area contributed by atoms with Crippen molar-refractivity contribution in [1.29, 1.82) is 0 Å². The third-order valence-corrected chi connectivity index (χ3v) is 5.82. The minimum Gasteiger partial charge on any atom is -0.362 e. The van der Waals surface area contributed by atoms with Gasteiger partial charge >= 0.3 is 0 Å². The van der Waals surface area contributed by atoms with Crippen molar-refractivity contribution >= 4 is 46.4 Å². The summed E-state index contributed by atoms with van der Waals surface area (Å²) < 4.78 is 13.6. The van der Waals surface area contributed by atoms with Gasteiger partial charge in [0.2, 0.25) is 5.91 Å². The Morgan fingerprint density at radius 2 is 2.11 bits per heavy atom. The summed E-state index contributed by atoms with van der Waals surface area (Å²) in [5, 5.41) is 6.90. The maximum Gasteiger partial charge on any atom is 0.227 e. The number of carbonyl (C=O) groups excluding carboxylic acids is 1. The van der Waals surface area contributed by atoms with Crippen molar-refractivity contribution < 1.29 is 9.18 Å². The van der Waals surface area contributed by atoms with E-state index in [0.717, 1.165) is 41.2 Å². The molecule has 4 nitrogen and oxygen atoms in total. The number of rotatable bonds is 7. The van der Waals surface area contributed by atoms with E-state index in [2.05, 4.69) is 10.6 Å². The number of carbonyl (C=O) groups is 1. The highest BCUT2D eigenvalue weighted by atomic mass is 32.2. The van der Waals surface area contributed by atoms with E-state index in [9.17, 15) is 9.18 Å². The van der Waals surface area contributed by atoms with Gasteiger partial charge in [0.25, 0.3) is 0 Å². The number of nitrogens with zero attached hydrogens (tertiary/aromatic N) is 1. The number of anilines is 2. The molecule has 0 bridgehead atoms. The Morgan fingerprint density at radius 3 is 2.82 bits per heavy atom. The van der Waals surface area contributed by atoms with Gasteiger partial charge in [0.1, 0.15) is 5.82 Å². The van der Waals surface area contributed by atoms with Crippen LogP contribution in [0.3, 0.4) is 0 Å². The normalized spacial score (nSPS) is 13.6. The molecule has 0 radical (unpaired) electrons. The molecule has 0 spiro atoms. The number of hydrogen-bond acceptors (Lipinski definition) is 3. The first kappa shape index (κ1) is 20.6. The molecule has 0 atom stereocenters. The third-order valence-electron chi connectivity index (χ3n) is 4.57. The van der Waals surface area contributed by atoms with Crippen LogP contribution in [-0.2, 0) is 10.5 Å². The fourth-order valence-corrected chi connectivity index (χ4v) is 4.21. The van der Waals surface area contributed by atoms with Gasteiger partial charge in [0.05, 0.1) is 0 Å². The van der Waals surface area contributed by atoms with Crippen LogP contribution in [-0.4, -0.2) is 29.9 Å². The second kappa shape index (κ2) is 9.89. The van der Waals surface area contributed by atoms with Crippen molar-refractivity contribution in [2.75, 3.05) is 29.1 Å². The Kier molecular flexibility index (Phi) is 7.28. The zero-order valence-corrected chi connectivity index (χ0v) is 17.5. The van der Waals surface area contributed by atoms with Crippen LogP contribution in [0.5, 0.6) is 0 Å². The number of thioether (sulfide) groups is 1. The van der Waals surface area contributed by atoms with Crippen molar-refractivity contribution in [3.8, 4) is 0 Å². The summed E-state index contributed by atoms with van der Waals surface area (Å²) >= 11 is 7.01. The van der Waals surface area contributed by atoms with Crippen LogP contribution >= 0.6 is 24.0 Å². The van der Waals surface area contributed by atoms with Gasteiger partial charge in [0.15, 0.2) is 5.11 Å². The predicted octanol–water partition coefficient (Wildman–Crippen LogP) is 4.48. The number of thiocarbonyl (C=S) groups is 1. The third kappa shape index (κ3) is 5.45. The van der Waals surface area contributed by atoms with E-state index in [4.69, 9.17) is 12.2 Å². The minimum absolute atomic E-state index is 0.158. The van der Waals surface area contributed by atoms with Crippen molar-refractivity contribution in [2.45, 2.75) is 25.5 Å². The van der Waals surface area contributed by atoms with E-state index >= 15 is 0 Å². The fraction of sp³-hybridized carbons (Fsp3) is 0.333. The van der Waals surface area contributed by atoms with Crippen molar-refractivity contribution in [3.63, 3.8) is 0 Å². The molecule has 3 rings (SSSR count). The number of nitrogens with one attached hydrogen (secondary N) is 2. The molecule has 2 aromatic rings. The summed E-state index contributed by atoms with van der Waals surface area (Å²) in [6, 6.07) is 12.8. The molecular weight excluding hydrogens is 393 g/mol. The van der Waals surface area contributed by atoms with Crippen LogP contribution in [0.1, 0.15) is 24.0 Å². The number of amides is 1. The quantitative estimate of drug-likeness (QED) is 0.514. The molecule has 1 aliphatic heterocycles. The molecule has 7 heteroatoms. The van der Waals surface area contributed by atoms with Gasteiger partial charge in [-0.2, -0.15) is 11.8 Å². The van der Waals surface area contributed by atoms with Gasteiger partial charge in [-0.1, -0.05) is 18.2 Å². The second-order valence-corrected chi connectivity index (χ2v) is 8.19. The first-order chi connectivity index (χ1) is 13.5. The molecule has 0 aromatic heterocycles. The van der Waals surface area contributed by atoms with E-state index in [1.165, 1.54) is 6.07 Å². The molecule has 28 heavy (non-hydrogen) atoms. The van der Waals surface area contributed by atoms with Crippen molar-refractivity contribution in [2.24, 2.45) is 0 Å². The molecule has 1 aliphatic rings. The molecule has 1 saturated heterocycles. The molecule has 2 N–H and O–H groups in total. The molecule has 0 aliphatic carbocycles. The summed E-state index contributed by atoms with van der Waals surface area (Å²) in [5.74, 6) is 1.50. The highest BCUT2D eigenvalue weighted by Gasteiger charge is 2.22. The average Bonchev–Trinajstić information content (AvgIpc) is 3.09. The topological polar surface area (TPSA) is 44.4 Å². The molecule has 1 fully saturated rings. The van der Waals surface area contributed by atoms with Crippen molar-refractivity contribution in [1.82, 2.24) is 5.32 Å². The molecular formula is C21H24FN3OS2. The van der Waals surface area contributed by atoms with Gasteiger partial charge in [-0.25, -0.2) is 4.39 Å². The van der Waals surface area contributed by atoms with Crippen LogP contribution in [0.2, 0.25) is 0 Å². The predicted molar refractivity (Wildman–Crippen MR) is 120 cm³/mol. The van der Waals surface area contributed by atoms with Gasteiger partial charge in [0, 0.05) is 42.4 Å². The lowest BCUT2D eigenvalue weighted by molar-refractivity contribution is -0.117. The molecule has 0 unspecified atom stereocenters. The van der Waals surface area contributed by atoms with Crippen LogP contribution < -0.4 is 15.5 Å². The smallest absolute Gasteiger partial charge is 0.227 e. The fourth-order valence-electron chi connectivity index (χ4n) is 3.15. The summed E-state index contributed by atoms with van der Waals surface area (Å²) in [6.07, 6.45) is 1.55. The lowest BCUT2D eigenvalue weighted by atomic mass is 10.1. The van der Waals surface area contributed by atoms with Gasteiger partial charge in [-0.3, -0.25) is 4.79 Å². The number of hydrogen-bond donors (Lipinski definition) is 2. The Balaban J connectivity index is 1.41. The molecule has 0 saturated carbocycles. The molecule has 1 amide bonds. The van der Waals surface area contributed by atoms with Gasteiger partial charge in [-0.15, -0.1) is 0 Å². The first-order valence-corrected chi connectivity index (χ1v) is 10.9. The van der Waals surface area contributed by atoms with Crippen LogP contribution in [0.15, 0.2) is 42.5 Å². The maximum atomic E-state index is 13.6. The van der Waals surface area contributed by atoms with Crippen LogP contribution in [0.25, 0.3) is 0 Å². The largest absolute Gasteiger partial charge is 0.362 e. The lowest BCUT2D eigenvalue weighted by Crippen LogP contribution is -2.30. The van der Waals surface area contributed by atoms with E-state index in [-0.39, 0.29) is 11.7 Å².